The van der Waals surface area contributed by atoms with E-state index < -0.39 is 11.7 Å². The number of anilines is 1. The van der Waals surface area contributed by atoms with Crippen LogP contribution in [0.5, 0.6) is 0 Å². The monoisotopic (exact) mass is 553 g/mol. The fourth-order valence-corrected chi connectivity index (χ4v) is 4.67. The third-order valence-electron chi connectivity index (χ3n) is 6.63. The summed E-state index contributed by atoms with van der Waals surface area (Å²) in [5, 5.41) is 2.74. The summed E-state index contributed by atoms with van der Waals surface area (Å²) in [6.45, 7) is 8.73. The lowest BCUT2D eigenvalue weighted by Crippen LogP contribution is -2.42. The van der Waals surface area contributed by atoms with Crippen LogP contribution in [0, 0.1) is 0 Å². The Kier molecular flexibility index (Phi) is 10.0. The van der Waals surface area contributed by atoms with Crippen LogP contribution in [-0.2, 0) is 36.9 Å². The zero-order chi connectivity index (χ0) is 28.5. The number of piperidine rings is 1. The highest BCUT2D eigenvalue weighted by molar-refractivity contribution is 5.89. The van der Waals surface area contributed by atoms with Crippen LogP contribution in [-0.4, -0.2) is 73.7 Å². The van der Waals surface area contributed by atoms with Crippen LogP contribution in [0.25, 0.3) is 0 Å². The Morgan fingerprint density at radius 3 is 2.38 bits per heavy atom. The summed E-state index contributed by atoms with van der Waals surface area (Å²) >= 11 is 0. The van der Waals surface area contributed by atoms with Crippen molar-refractivity contribution in [2.45, 2.75) is 64.6 Å². The molecular weight excluding hydrogens is 514 g/mol. The van der Waals surface area contributed by atoms with Gasteiger partial charge in [0.1, 0.15) is 24.9 Å². The van der Waals surface area contributed by atoms with E-state index >= 15 is 0 Å². The molecule has 2 heterocycles. The third kappa shape index (κ3) is 9.24. The SMILES string of the molecule is CC(C)(C)OC(=O)COC1CCN(CC2CN(c3ccc(CNC(=O)OCc4ccccc4)cc3)C(=O)O2)CC1. The van der Waals surface area contributed by atoms with Crippen LogP contribution in [0.4, 0.5) is 15.3 Å². The summed E-state index contributed by atoms with van der Waals surface area (Å²) in [6, 6.07) is 16.9. The number of nitrogens with zero attached hydrogens (tertiary/aromatic N) is 2. The van der Waals surface area contributed by atoms with Crippen molar-refractivity contribution in [3.05, 3.63) is 65.7 Å². The number of carbonyl (C=O) groups excluding carboxylic acids is 3. The summed E-state index contributed by atoms with van der Waals surface area (Å²) < 4.78 is 21.9. The Morgan fingerprint density at radius 1 is 1.00 bits per heavy atom. The maximum absolute atomic E-state index is 12.6. The molecule has 1 unspecified atom stereocenters. The van der Waals surface area contributed by atoms with Crippen LogP contribution in [0.3, 0.4) is 0 Å². The summed E-state index contributed by atoms with van der Waals surface area (Å²) in [7, 11) is 0. The molecular formula is C30H39N3O7. The first kappa shape index (κ1) is 29.4. The van der Waals surface area contributed by atoms with E-state index in [1.54, 1.807) is 4.90 Å². The number of benzene rings is 2. The van der Waals surface area contributed by atoms with Crippen molar-refractivity contribution in [3.8, 4) is 0 Å². The second-order valence-electron chi connectivity index (χ2n) is 11.1. The summed E-state index contributed by atoms with van der Waals surface area (Å²) in [5.74, 6) is -0.349. The number of esters is 1. The van der Waals surface area contributed by atoms with Gasteiger partial charge in [0.15, 0.2) is 0 Å². The number of hydrogen-bond acceptors (Lipinski definition) is 8. The van der Waals surface area contributed by atoms with Crippen molar-refractivity contribution in [3.63, 3.8) is 0 Å². The van der Waals surface area contributed by atoms with E-state index in [1.165, 1.54) is 0 Å². The topological polar surface area (TPSA) is 107 Å². The van der Waals surface area contributed by atoms with Crippen molar-refractivity contribution in [2.24, 2.45) is 0 Å². The van der Waals surface area contributed by atoms with Gasteiger partial charge < -0.3 is 24.3 Å². The number of ether oxygens (including phenoxy) is 4. The maximum Gasteiger partial charge on any atom is 0.414 e. The van der Waals surface area contributed by atoms with E-state index in [1.807, 2.05) is 75.4 Å². The average molecular weight is 554 g/mol. The molecule has 216 valence electrons. The molecule has 0 aromatic heterocycles. The minimum absolute atomic E-state index is 0.0186. The van der Waals surface area contributed by atoms with Gasteiger partial charge in [-0.3, -0.25) is 9.80 Å². The Labute approximate surface area is 235 Å². The molecule has 10 heteroatoms. The predicted molar refractivity (Wildman–Crippen MR) is 149 cm³/mol. The standard InChI is InChI=1S/C30H39N3O7/c1-30(2,3)40-27(34)21-37-25-13-15-32(16-14-25)18-26-19-33(29(36)39-26)24-11-9-22(10-12-24)17-31-28(35)38-20-23-7-5-4-6-8-23/h4-12,25-26H,13-21H2,1-3H3,(H,31,35). The van der Waals surface area contributed by atoms with E-state index in [0.717, 1.165) is 42.7 Å². The Morgan fingerprint density at radius 2 is 1.70 bits per heavy atom. The Bertz CT molecular complexity index is 1130. The highest BCUT2D eigenvalue weighted by Gasteiger charge is 2.34. The molecule has 0 radical (unpaired) electrons. The molecule has 1 N–H and O–H groups in total. The lowest BCUT2D eigenvalue weighted by atomic mass is 10.1. The molecule has 2 saturated heterocycles. The molecule has 0 aliphatic carbocycles. The second-order valence-corrected chi connectivity index (χ2v) is 11.1. The van der Waals surface area contributed by atoms with Crippen molar-refractivity contribution < 1.29 is 33.3 Å². The highest BCUT2D eigenvalue weighted by atomic mass is 16.6. The zero-order valence-corrected chi connectivity index (χ0v) is 23.5. The van der Waals surface area contributed by atoms with E-state index in [9.17, 15) is 14.4 Å². The van der Waals surface area contributed by atoms with E-state index in [2.05, 4.69) is 10.2 Å². The number of amides is 2. The second kappa shape index (κ2) is 13.6. The lowest BCUT2D eigenvalue weighted by molar-refractivity contribution is -0.163. The molecule has 40 heavy (non-hydrogen) atoms. The number of alkyl carbamates (subject to hydrolysis) is 1. The summed E-state index contributed by atoms with van der Waals surface area (Å²) in [5.41, 5.74) is 2.04. The number of likely N-dealkylation sites (tertiary alicyclic amines) is 1. The van der Waals surface area contributed by atoms with E-state index in [4.69, 9.17) is 18.9 Å². The third-order valence-corrected chi connectivity index (χ3v) is 6.63. The van der Waals surface area contributed by atoms with E-state index in [0.29, 0.717) is 19.6 Å². The Hall–Kier alpha value is -3.63. The molecule has 2 aromatic rings. The minimum atomic E-state index is -0.520. The fraction of sp³-hybridized carbons (Fsp3) is 0.500. The quantitative estimate of drug-likeness (QED) is 0.344. The first-order valence-corrected chi connectivity index (χ1v) is 13.7. The molecule has 2 aliphatic rings. The van der Waals surface area contributed by atoms with Gasteiger partial charge in [-0.15, -0.1) is 0 Å². The number of carbonyl (C=O) groups is 3. The smallest absolute Gasteiger partial charge is 0.414 e. The van der Waals surface area contributed by atoms with Gasteiger partial charge >= 0.3 is 18.2 Å². The number of hydrogen-bond donors (Lipinski definition) is 1. The molecule has 2 amide bonds. The van der Waals surface area contributed by atoms with Crippen LogP contribution >= 0.6 is 0 Å². The van der Waals surface area contributed by atoms with Crippen LogP contribution in [0.15, 0.2) is 54.6 Å². The van der Waals surface area contributed by atoms with Gasteiger partial charge in [-0.2, -0.15) is 0 Å². The molecule has 2 aromatic carbocycles. The van der Waals surface area contributed by atoms with Crippen molar-refractivity contribution in [1.82, 2.24) is 10.2 Å². The average Bonchev–Trinajstić information content (AvgIpc) is 3.30. The Balaban J connectivity index is 1.15. The number of cyclic esters (lactones) is 1. The predicted octanol–water partition coefficient (Wildman–Crippen LogP) is 4.26. The van der Waals surface area contributed by atoms with Crippen LogP contribution in [0.1, 0.15) is 44.7 Å². The summed E-state index contributed by atoms with van der Waals surface area (Å²) in [4.78, 5) is 40.3. The van der Waals surface area contributed by atoms with Gasteiger partial charge in [0, 0.05) is 31.9 Å². The molecule has 1 atom stereocenters. The fourth-order valence-electron chi connectivity index (χ4n) is 4.67. The summed E-state index contributed by atoms with van der Waals surface area (Å²) in [6.07, 6.45) is 0.552. The van der Waals surface area contributed by atoms with Crippen molar-refractivity contribution >= 4 is 23.8 Å². The minimum Gasteiger partial charge on any atom is -0.458 e. The van der Waals surface area contributed by atoms with Crippen LogP contribution < -0.4 is 10.2 Å². The number of nitrogens with one attached hydrogen (secondary N) is 1. The van der Waals surface area contributed by atoms with Gasteiger partial charge in [-0.05, 0) is 56.9 Å². The van der Waals surface area contributed by atoms with Gasteiger partial charge in [-0.25, -0.2) is 14.4 Å². The largest absolute Gasteiger partial charge is 0.458 e. The first-order chi connectivity index (χ1) is 19.1. The molecule has 4 rings (SSSR count). The highest BCUT2D eigenvalue weighted by Crippen LogP contribution is 2.24. The molecule has 2 aliphatic heterocycles. The van der Waals surface area contributed by atoms with E-state index in [-0.39, 0.29) is 37.5 Å². The van der Waals surface area contributed by atoms with Gasteiger partial charge in [0.05, 0.1) is 12.6 Å². The maximum atomic E-state index is 12.6. The number of rotatable bonds is 10. The molecule has 10 nitrogen and oxygen atoms in total. The molecule has 0 spiro atoms. The van der Waals surface area contributed by atoms with Crippen molar-refractivity contribution in [2.75, 3.05) is 37.7 Å². The van der Waals surface area contributed by atoms with Gasteiger partial charge in [-0.1, -0.05) is 42.5 Å². The van der Waals surface area contributed by atoms with Crippen molar-refractivity contribution in [1.29, 1.82) is 0 Å². The van der Waals surface area contributed by atoms with Gasteiger partial charge in [0.2, 0.25) is 0 Å². The first-order valence-electron chi connectivity index (χ1n) is 13.7. The van der Waals surface area contributed by atoms with Crippen LogP contribution in [0.2, 0.25) is 0 Å². The van der Waals surface area contributed by atoms with Gasteiger partial charge in [0.25, 0.3) is 0 Å². The molecule has 2 fully saturated rings. The normalized spacial score (nSPS) is 18.3. The molecule has 0 saturated carbocycles. The zero-order valence-electron chi connectivity index (χ0n) is 23.5. The molecule has 0 bridgehead atoms. The lowest BCUT2D eigenvalue weighted by Gasteiger charge is -2.32.